The molecular formula is C18H20N4O3S2. The highest BCUT2D eigenvalue weighted by molar-refractivity contribution is 7.19. The SMILES string of the molecule is CCOC(=O)c1ccc(OCC)c(Nc2nc(-c3sc(N)nc3C)cs2)c1. The number of hydrogen-bond donors (Lipinski definition) is 2. The zero-order valence-electron chi connectivity index (χ0n) is 15.2. The zero-order chi connectivity index (χ0) is 19.4. The van der Waals surface area contributed by atoms with Crippen LogP contribution in [0.4, 0.5) is 16.0 Å². The number of hydrogen-bond acceptors (Lipinski definition) is 9. The maximum atomic E-state index is 12.0. The lowest BCUT2D eigenvalue weighted by Gasteiger charge is -2.12. The van der Waals surface area contributed by atoms with Crippen molar-refractivity contribution in [1.29, 1.82) is 0 Å². The fourth-order valence-corrected chi connectivity index (χ4v) is 4.04. The first-order chi connectivity index (χ1) is 13.0. The molecule has 27 heavy (non-hydrogen) atoms. The maximum Gasteiger partial charge on any atom is 0.338 e. The molecule has 2 aromatic heterocycles. The standard InChI is InChI=1S/C18H20N4O3S2/c1-4-24-14-7-6-11(16(23)25-5-2)8-12(14)21-18-22-13(9-26-18)15-10(3)20-17(19)27-15/h6-9H,4-5H2,1-3H3,(H2,19,20)(H,21,22). The number of carbonyl (C=O) groups excluding carboxylic acids is 1. The van der Waals surface area contributed by atoms with Crippen LogP contribution < -0.4 is 15.8 Å². The van der Waals surface area contributed by atoms with Crippen LogP contribution in [0.25, 0.3) is 10.6 Å². The Bertz CT molecular complexity index is 952. The Hall–Kier alpha value is -2.65. The minimum atomic E-state index is -0.376. The third kappa shape index (κ3) is 4.37. The molecule has 0 aliphatic heterocycles. The summed E-state index contributed by atoms with van der Waals surface area (Å²) in [4.78, 5) is 21.8. The van der Waals surface area contributed by atoms with Gasteiger partial charge in [-0.2, -0.15) is 0 Å². The monoisotopic (exact) mass is 404 g/mol. The summed E-state index contributed by atoms with van der Waals surface area (Å²) in [5.41, 5.74) is 8.55. The summed E-state index contributed by atoms with van der Waals surface area (Å²) in [5, 5.41) is 6.38. The van der Waals surface area contributed by atoms with Crippen molar-refractivity contribution >= 4 is 44.6 Å². The molecule has 0 bridgehead atoms. The van der Waals surface area contributed by atoms with E-state index >= 15 is 0 Å². The molecule has 7 nitrogen and oxygen atoms in total. The van der Waals surface area contributed by atoms with Gasteiger partial charge >= 0.3 is 5.97 Å². The van der Waals surface area contributed by atoms with Gasteiger partial charge in [-0.1, -0.05) is 11.3 Å². The van der Waals surface area contributed by atoms with Crippen molar-refractivity contribution in [3.8, 4) is 16.3 Å². The molecule has 3 aromatic rings. The van der Waals surface area contributed by atoms with Crippen molar-refractivity contribution in [2.75, 3.05) is 24.3 Å². The van der Waals surface area contributed by atoms with Gasteiger partial charge < -0.3 is 20.5 Å². The van der Waals surface area contributed by atoms with E-state index in [1.165, 1.54) is 22.7 Å². The second-order valence-corrected chi connectivity index (χ2v) is 7.38. The average Bonchev–Trinajstić information content (AvgIpc) is 3.22. The number of nitrogen functional groups attached to an aromatic ring is 1. The van der Waals surface area contributed by atoms with E-state index in [1.807, 2.05) is 19.2 Å². The Kier molecular flexibility index (Phi) is 5.92. The van der Waals surface area contributed by atoms with E-state index in [0.717, 1.165) is 16.3 Å². The molecule has 2 heterocycles. The molecule has 142 valence electrons. The van der Waals surface area contributed by atoms with E-state index in [9.17, 15) is 4.79 Å². The summed E-state index contributed by atoms with van der Waals surface area (Å²) in [7, 11) is 0. The number of carbonyl (C=O) groups is 1. The maximum absolute atomic E-state index is 12.0. The number of aromatic nitrogens is 2. The summed E-state index contributed by atoms with van der Waals surface area (Å²) < 4.78 is 10.7. The van der Waals surface area contributed by atoms with Crippen molar-refractivity contribution in [2.45, 2.75) is 20.8 Å². The van der Waals surface area contributed by atoms with Gasteiger partial charge in [0.25, 0.3) is 0 Å². The first kappa shape index (κ1) is 19.1. The van der Waals surface area contributed by atoms with Crippen molar-refractivity contribution in [3.63, 3.8) is 0 Å². The first-order valence-corrected chi connectivity index (χ1v) is 10.1. The summed E-state index contributed by atoms with van der Waals surface area (Å²) in [6.45, 7) is 6.42. The number of esters is 1. The quantitative estimate of drug-likeness (QED) is 0.560. The first-order valence-electron chi connectivity index (χ1n) is 8.41. The normalized spacial score (nSPS) is 10.6. The molecular weight excluding hydrogens is 384 g/mol. The molecule has 1 aromatic carbocycles. The van der Waals surface area contributed by atoms with Gasteiger partial charge in [-0.15, -0.1) is 11.3 Å². The second kappa shape index (κ2) is 8.36. The molecule has 0 unspecified atom stereocenters. The highest BCUT2D eigenvalue weighted by atomic mass is 32.1. The molecule has 0 radical (unpaired) electrons. The Morgan fingerprint density at radius 2 is 2.07 bits per heavy atom. The van der Waals surface area contributed by atoms with Crippen LogP contribution in [0.5, 0.6) is 5.75 Å². The molecule has 3 rings (SSSR count). The number of nitrogens with one attached hydrogen (secondary N) is 1. The van der Waals surface area contributed by atoms with E-state index in [1.54, 1.807) is 25.1 Å². The van der Waals surface area contributed by atoms with Crippen molar-refractivity contribution < 1.29 is 14.3 Å². The Balaban J connectivity index is 1.88. The number of thiazole rings is 2. The summed E-state index contributed by atoms with van der Waals surface area (Å²) in [5.74, 6) is 0.264. The molecule has 0 spiro atoms. The summed E-state index contributed by atoms with van der Waals surface area (Å²) in [6, 6.07) is 5.14. The predicted molar refractivity (Wildman–Crippen MR) is 109 cm³/mol. The van der Waals surface area contributed by atoms with Crippen LogP contribution in [0.2, 0.25) is 0 Å². The topological polar surface area (TPSA) is 99.4 Å². The fourth-order valence-electron chi connectivity index (χ4n) is 2.46. The van der Waals surface area contributed by atoms with Crippen LogP contribution in [0.3, 0.4) is 0 Å². The van der Waals surface area contributed by atoms with Gasteiger partial charge in [0.2, 0.25) is 0 Å². The second-order valence-electron chi connectivity index (χ2n) is 5.49. The number of anilines is 3. The fraction of sp³-hybridized carbons (Fsp3) is 0.278. The largest absolute Gasteiger partial charge is 0.492 e. The van der Waals surface area contributed by atoms with Crippen molar-refractivity contribution in [1.82, 2.24) is 9.97 Å². The van der Waals surface area contributed by atoms with E-state index in [-0.39, 0.29) is 5.97 Å². The van der Waals surface area contributed by atoms with Gasteiger partial charge in [0.15, 0.2) is 10.3 Å². The van der Waals surface area contributed by atoms with Crippen LogP contribution >= 0.6 is 22.7 Å². The number of ether oxygens (including phenoxy) is 2. The Labute approximate surface area is 165 Å². The average molecular weight is 405 g/mol. The van der Waals surface area contributed by atoms with Crippen molar-refractivity contribution in [2.24, 2.45) is 0 Å². The van der Waals surface area contributed by atoms with Crippen LogP contribution in [-0.4, -0.2) is 29.2 Å². The zero-order valence-corrected chi connectivity index (χ0v) is 16.9. The minimum absolute atomic E-state index is 0.321. The lowest BCUT2D eigenvalue weighted by atomic mass is 10.2. The predicted octanol–water partition coefficient (Wildman–Crippen LogP) is 4.48. The van der Waals surface area contributed by atoms with Gasteiger partial charge in [0.1, 0.15) is 5.75 Å². The molecule has 0 amide bonds. The molecule has 0 aliphatic rings. The highest BCUT2D eigenvalue weighted by Gasteiger charge is 2.15. The smallest absolute Gasteiger partial charge is 0.338 e. The van der Waals surface area contributed by atoms with Gasteiger partial charge in [-0.3, -0.25) is 0 Å². The summed E-state index contributed by atoms with van der Waals surface area (Å²) in [6.07, 6.45) is 0. The number of nitrogens with zero attached hydrogens (tertiary/aromatic N) is 2. The number of nitrogens with two attached hydrogens (primary N) is 1. The lowest BCUT2D eigenvalue weighted by molar-refractivity contribution is 0.0526. The highest BCUT2D eigenvalue weighted by Crippen LogP contribution is 2.36. The van der Waals surface area contributed by atoms with Gasteiger partial charge in [0, 0.05) is 5.38 Å². The molecule has 0 saturated carbocycles. The van der Waals surface area contributed by atoms with Gasteiger partial charge in [-0.25, -0.2) is 14.8 Å². The van der Waals surface area contributed by atoms with Gasteiger partial charge in [-0.05, 0) is 39.0 Å². The van der Waals surface area contributed by atoms with E-state index < -0.39 is 0 Å². The minimum Gasteiger partial charge on any atom is -0.492 e. The van der Waals surface area contributed by atoms with Crippen LogP contribution in [-0.2, 0) is 4.74 Å². The molecule has 0 aliphatic carbocycles. The number of rotatable bonds is 7. The van der Waals surface area contributed by atoms with E-state index in [0.29, 0.717) is 40.5 Å². The molecule has 0 atom stereocenters. The van der Waals surface area contributed by atoms with E-state index in [2.05, 4.69) is 15.3 Å². The lowest BCUT2D eigenvalue weighted by Crippen LogP contribution is -2.06. The van der Waals surface area contributed by atoms with Crippen LogP contribution in [0.15, 0.2) is 23.6 Å². The third-order valence-electron chi connectivity index (χ3n) is 3.58. The van der Waals surface area contributed by atoms with E-state index in [4.69, 9.17) is 15.2 Å². The Morgan fingerprint density at radius 3 is 2.74 bits per heavy atom. The molecule has 0 saturated heterocycles. The van der Waals surface area contributed by atoms with Crippen LogP contribution in [0.1, 0.15) is 29.9 Å². The van der Waals surface area contributed by atoms with Crippen LogP contribution in [0, 0.1) is 6.92 Å². The summed E-state index contributed by atoms with van der Waals surface area (Å²) >= 11 is 2.86. The third-order valence-corrected chi connectivity index (χ3v) is 5.35. The molecule has 3 N–H and O–H groups in total. The van der Waals surface area contributed by atoms with Crippen molar-refractivity contribution in [3.05, 3.63) is 34.8 Å². The number of aryl methyl sites for hydroxylation is 1. The number of benzene rings is 1. The molecule has 0 fully saturated rings. The van der Waals surface area contributed by atoms with Gasteiger partial charge in [0.05, 0.1) is 40.7 Å². The Morgan fingerprint density at radius 1 is 1.26 bits per heavy atom. The molecule has 9 heteroatoms.